The lowest BCUT2D eigenvalue weighted by molar-refractivity contribution is 0.444. The summed E-state index contributed by atoms with van der Waals surface area (Å²) >= 11 is 1.69. The van der Waals surface area contributed by atoms with Crippen LogP contribution < -0.4 is 5.32 Å². The van der Waals surface area contributed by atoms with Gasteiger partial charge in [0.15, 0.2) is 17.5 Å². The van der Waals surface area contributed by atoms with Crippen molar-refractivity contribution in [2.45, 2.75) is 26.9 Å². The number of halogens is 3. The van der Waals surface area contributed by atoms with Gasteiger partial charge in [0.2, 0.25) is 0 Å². The molecule has 0 saturated carbocycles. The molecule has 102 valence electrons. The van der Waals surface area contributed by atoms with Crippen molar-refractivity contribution in [2.24, 2.45) is 0 Å². The first kappa shape index (κ1) is 14.1. The van der Waals surface area contributed by atoms with Crippen LogP contribution in [0.15, 0.2) is 18.2 Å². The molecule has 1 nitrogen and oxygen atoms in total. The zero-order valence-electron chi connectivity index (χ0n) is 10.7. The highest BCUT2D eigenvalue weighted by atomic mass is 32.1. The van der Waals surface area contributed by atoms with E-state index in [1.165, 1.54) is 10.4 Å². The maximum atomic E-state index is 13.0. The molecule has 2 aromatic rings. The van der Waals surface area contributed by atoms with Gasteiger partial charge in [-0.05, 0) is 43.2 Å². The van der Waals surface area contributed by atoms with Crippen LogP contribution in [0.25, 0.3) is 0 Å². The number of rotatable bonds is 4. The first-order valence-corrected chi connectivity index (χ1v) is 6.69. The Balaban J connectivity index is 1.96. The second-order valence-corrected chi connectivity index (χ2v) is 5.77. The molecule has 0 unspecified atom stereocenters. The third-order valence-electron chi connectivity index (χ3n) is 2.89. The Morgan fingerprint density at radius 2 is 1.63 bits per heavy atom. The normalized spacial score (nSPS) is 11.0. The van der Waals surface area contributed by atoms with Crippen LogP contribution in [-0.4, -0.2) is 0 Å². The molecule has 1 aromatic heterocycles. The zero-order chi connectivity index (χ0) is 14.0. The molecule has 0 bridgehead atoms. The maximum Gasteiger partial charge on any atom is 0.194 e. The Labute approximate surface area is 114 Å². The molecule has 1 heterocycles. The Morgan fingerprint density at radius 3 is 2.16 bits per heavy atom. The van der Waals surface area contributed by atoms with E-state index in [4.69, 9.17) is 0 Å². The van der Waals surface area contributed by atoms with E-state index in [2.05, 4.69) is 11.4 Å². The quantitative estimate of drug-likeness (QED) is 0.835. The van der Waals surface area contributed by atoms with Crippen LogP contribution in [0.5, 0.6) is 0 Å². The number of hydrogen-bond donors (Lipinski definition) is 1. The topological polar surface area (TPSA) is 12.0 Å². The average molecular weight is 285 g/mol. The van der Waals surface area contributed by atoms with Gasteiger partial charge in [-0.3, -0.25) is 0 Å². The fourth-order valence-electron chi connectivity index (χ4n) is 1.78. The third kappa shape index (κ3) is 3.36. The summed E-state index contributed by atoms with van der Waals surface area (Å²) in [5.41, 5.74) is 1.63. The van der Waals surface area contributed by atoms with Crippen molar-refractivity contribution in [3.8, 4) is 0 Å². The Morgan fingerprint density at radius 1 is 1.00 bits per heavy atom. The van der Waals surface area contributed by atoms with Crippen molar-refractivity contribution in [1.82, 2.24) is 5.32 Å². The van der Waals surface area contributed by atoms with E-state index in [1.54, 1.807) is 11.3 Å². The highest BCUT2D eigenvalue weighted by Crippen LogP contribution is 2.20. The van der Waals surface area contributed by atoms with Gasteiger partial charge in [0, 0.05) is 22.8 Å². The summed E-state index contributed by atoms with van der Waals surface area (Å²) in [7, 11) is 0. The van der Waals surface area contributed by atoms with E-state index in [1.807, 2.05) is 13.8 Å². The van der Waals surface area contributed by atoms with Crippen LogP contribution >= 0.6 is 11.3 Å². The van der Waals surface area contributed by atoms with Crippen molar-refractivity contribution < 1.29 is 13.2 Å². The monoisotopic (exact) mass is 285 g/mol. The smallest absolute Gasteiger partial charge is 0.194 e. The summed E-state index contributed by atoms with van der Waals surface area (Å²) in [5.74, 6) is -3.73. The minimum atomic E-state index is -1.42. The Kier molecular flexibility index (Phi) is 4.27. The fraction of sp³-hybridized carbons (Fsp3) is 0.286. The highest BCUT2D eigenvalue weighted by molar-refractivity contribution is 7.12. The molecule has 5 heteroatoms. The lowest BCUT2D eigenvalue weighted by Crippen LogP contribution is -2.12. The van der Waals surface area contributed by atoms with Crippen molar-refractivity contribution in [2.75, 3.05) is 0 Å². The number of thiophene rings is 1. The van der Waals surface area contributed by atoms with E-state index in [9.17, 15) is 13.2 Å². The van der Waals surface area contributed by atoms with E-state index in [0.717, 1.165) is 17.0 Å². The van der Waals surface area contributed by atoms with Gasteiger partial charge >= 0.3 is 0 Å². The van der Waals surface area contributed by atoms with Gasteiger partial charge in [-0.25, -0.2) is 13.2 Å². The molecule has 0 atom stereocenters. The van der Waals surface area contributed by atoms with E-state index >= 15 is 0 Å². The number of benzene rings is 1. The molecule has 1 aromatic carbocycles. The molecule has 0 fully saturated rings. The SMILES string of the molecule is Cc1cc(CNCc2cc(F)c(F)c(F)c2)sc1C. The number of nitrogens with one attached hydrogen (secondary N) is 1. The lowest BCUT2D eigenvalue weighted by Gasteiger charge is -2.05. The zero-order valence-corrected chi connectivity index (χ0v) is 11.5. The van der Waals surface area contributed by atoms with Crippen LogP contribution in [0, 0.1) is 31.3 Å². The third-order valence-corrected chi connectivity index (χ3v) is 4.04. The molecule has 0 radical (unpaired) electrons. The Bertz CT molecular complexity index is 550. The minimum Gasteiger partial charge on any atom is -0.308 e. The summed E-state index contributed by atoms with van der Waals surface area (Å²) in [6, 6.07) is 4.10. The predicted octanol–water partition coefficient (Wildman–Crippen LogP) is 4.07. The van der Waals surface area contributed by atoms with Crippen LogP contribution in [-0.2, 0) is 13.1 Å². The molecular formula is C14H14F3NS. The van der Waals surface area contributed by atoms with Gasteiger partial charge in [0.25, 0.3) is 0 Å². The van der Waals surface area contributed by atoms with Gasteiger partial charge in [0.05, 0.1) is 0 Å². The predicted molar refractivity (Wildman–Crippen MR) is 70.7 cm³/mol. The van der Waals surface area contributed by atoms with E-state index in [-0.39, 0.29) is 0 Å². The van der Waals surface area contributed by atoms with Gasteiger partial charge in [-0.2, -0.15) is 0 Å². The second-order valence-electron chi connectivity index (χ2n) is 4.43. The standard InChI is InChI=1S/C14H14F3NS/c1-8-3-11(19-9(8)2)7-18-6-10-4-12(15)14(17)13(16)5-10/h3-5,18H,6-7H2,1-2H3. The molecule has 0 saturated heterocycles. The average Bonchev–Trinajstić information content (AvgIpc) is 2.65. The second kappa shape index (κ2) is 5.75. The fourth-order valence-corrected chi connectivity index (χ4v) is 2.80. The first-order valence-electron chi connectivity index (χ1n) is 5.87. The molecule has 0 aliphatic heterocycles. The molecule has 19 heavy (non-hydrogen) atoms. The van der Waals surface area contributed by atoms with Crippen LogP contribution in [0.4, 0.5) is 13.2 Å². The highest BCUT2D eigenvalue weighted by Gasteiger charge is 2.10. The Hall–Kier alpha value is -1.33. The lowest BCUT2D eigenvalue weighted by atomic mass is 10.2. The van der Waals surface area contributed by atoms with Crippen molar-refractivity contribution >= 4 is 11.3 Å². The van der Waals surface area contributed by atoms with Gasteiger partial charge in [0.1, 0.15) is 0 Å². The maximum absolute atomic E-state index is 13.0. The van der Waals surface area contributed by atoms with Crippen molar-refractivity contribution in [3.63, 3.8) is 0 Å². The molecule has 2 rings (SSSR count). The summed E-state index contributed by atoms with van der Waals surface area (Å²) in [6.07, 6.45) is 0. The van der Waals surface area contributed by atoms with Gasteiger partial charge in [-0.1, -0.05) is 0 Å². The number of hydrogen-bond acceptors (Lipinski definition) is 2. The van der Waals surface area contributed by atoms with Crippen molar-refractivity contribution in [1.29, 1.82) is 0 Å². The van der Waals surface area contributed by atoms with E-state index in [0.29, 0.717) is 18.7 Å². The first-order chi connectivity index (χ1) is 8.97. The minimum absolute atomic E-state index is 0.296. The molecule has 0 aliphatic carbocycles. The number of aryl methyl sites for hydroxylation is 2. The van der Waals surface area contributed by atoms with Gasteiger partial charge in [-0.15, -0.1) is 11.3 Å². The van der Waals surface area contributed by atoms with E-state index < -0.39 is 17.5 Å². The van der Waals surface area contributed by atoms with Gasteiger partial charge < -0.3 is 5.32 Å². The largest absolute Gasteiger partial charge is 0.308 e. The van der Waals surface area contributed by atoms with Crippen molar-refractivity contribution in [3.05, 3.63) is 56.5 Å². The summed E-state index contributed by atoms with van der Waals surface area (Å²) < 4.78 is 38.8. The summed E-state index contributed by atoms with van der Waals surface area (Å²) in [6.45, 7) is 5.01. The summed E-state index contributed by atoms with van der Waals surface area (Å²) in [4.78, 5) is 2.42. The molecule has 1 N–H and O–H groups in total. The molecule has 0 amide bonds. The van der Waals surface area contributed by atoms with Crippen LogP contribution in [0.2, 0.25) is 0 Å². The molecule has 0 spiro atoms. The van der Waals surface area contributed by atoms with Crippen LogP contribution in [0.1, 0.15) is 20.9 Å². The summed E-state index contributed by atoms with van der Waals surface area (Å²) in [5, 5.41) is 3.09. The molecular weight excluding hydrogens is 271 g/mol. The van der Waals surface area contributed by atoms with Crippen LogP contribution in [0.3, 0.4) is 0 Å². The molecule has 0 aliphatic rings.